The molecule has 0 aliphatic carbocycles. The Bertz CT molecular complexity index is 576. The van der Waals surface area contributed by atoms with Gasteiger partial charge in [0.2, 0.25) is 0 Å². The van der Waals surface area contributed by atoms with Crippen LogP contribution in [0.25, 0.3) is 0 Å². The van der Waals surface area contributed by atoms with Gasteiger partial charge in [-0.3, -0.25) is 0 Å². The fourth-order valence-electron chi connectivity index (χ4n) is 1.71. The molecule has 2 aromatic rings. The minimum atomic E-state index is 0.0516. The van der Waals surface area contributed by atoms with Crippen LogP contribution >= 0.6 is 0 Å². The van der Waals surface area contributed by atoms with Crippen molar-refractivity contribution in [3.63, 3.8) is 0 Å². The van der Waals surface area contributed by atoms with E-state index in [9.17, 15) is 0 Å². The zero-order chi connectivity index (χ0) is 13.0. The van der Waals surface area contributed by atoms with Gasteiger partial charge in [0.15, 0.2) is 0 Å². The van der Waals surface area contributed by atoms with E-state index in [1.807, 2.05) is 56.3 Å². The normalized spacial score (nSPS) is 11.1. The van der Waals surface area contributed by atoms with Gasteiger partial charge in [-0.15, -0.1) is 0 Å². The Kier molecular flexibility index (Phi) is 3.85. The zero-order valence-electron chi connectivity index (χ0n) is 10.6. The van der Waals surface area contributed by atoms with Gasteiger partial charge in [-0.1, -0.05) is 30.3 Å². The Morgan fingerprint density at radius 2 is 1.56 bits per heavy atom. The maximum atomic E-state index is 9.04. The molecular formula is C15H16N2O. The summed E-state index contributed by atoms with van der Waals surface area (Å²) in [5.41, 5.74) is 4.71. The van der Waals surface area contributed by atoms with Gasteiger partial charge in [0.1, 0.15) is 0 Å². The molecule has 0 aromatic heterocycles. The molecule has 0 radical (unpaired) electrons. The molecule has 0 heterocycles. The van der Waals surface area contributed by atoms with Crippen LogP contribution in [0.5, 0.6) is 0 Å². The SMILES string of the molecule is Cc1ccccc1N=Nc1ccc(CO)cc1C. The average molecular weight is 240 g/mol. The Morgan fingerprint density at radius 3 is 2.17 bits per heavy atom. The smallest absolute Gasteiger partial charge is 0.0886 e. The van der Waals surface area contributed by atoms with Crippen molar-refractivity contribution < 1.29 is 5.11 Å². The largest absolute Gasteiger partial charge is 0.392 e. The van der Waals surface area contributed by atoms with Crippen LogP contribution < -0.4 is 0 Å². The first-order valence-corrected chi connectivity index (χ1v) is 5.88. The summed E-state index contributed by atoms with van der Waals surface area (Å²) in [5.74, 6) is 0. The molecule has 0 unspecified atom stereocenters. The highest BCUT2D eigenvalue weighted by atomic mass is 16.3. The van der Waals surface area contributed by atoms with Crippen molar-refractivity contribution in [2.45, 2.75) is 20.5 Å². The maximum absolute atomic E-state index is 9.04. The first kappa shape index (κ1) is 12.5. The van der Waals surface area contributed by atoms with E-state index in [1.54, 1.807) is 0 Å². The van der Waals surface area contributed by atoms with Gasteiger partial charge >= 0.3 is 0 Å². The van der Waals surface area contributed by atoms with Crippen LogP contribution in [0, 0.1) is 13.8 Å². The van der Waals surface area contributed by atoms with E-state index in [1.165, 1.54) is 0 Å². The summed E-state index contributed by atoms with van der Waals surface area (Å²) in [5, 5.41) is 17.6. The van der Waals surface area contributed by atoms with Gasteiger partial charge < -0.3 is 5.11 Å². The quantitative estimate of drug-likeness (QED) is 0.802. The highest BCUT2D eigenvalue weighted by molar-refractivity contribution is 5.49. The molecule has 1 N–H and O–H groups in total. The molecule has 0 atom stereocenters. The van der Waals surface area contributed by atoms with E-state index in [2.05, 4.69) is 10.2 Å². The fourth-order valence-corrected chi connectivity index (χ4v) is 1.71. The number of aryl methyl sites for hydroxylation is 2. The van der Waals surface area contributed by atoms with Crippen molar-refractivity contribution in [2.24, 2.45) is 10.2 Å². The van der Waals surface area contributed by atoms with Crippen molar-refractivity contribution in [1.82, 2.24) is 0 Å². The summed E-state index contributed by atoms with van der Waals surface area (Å²) >= 11 is 0. The van der Waals surface area contributed by atoms with Gasteiger partial charge in [-0.05, 0) is 42.7 Å². The predicted octanol–water partition coefficient (Wildman–Crippen LogP) is 4.21. The lowest BCUT2D eigenvalue weighted by atomic mass is 10.1. The lowest BCUT2D eigenvalue weighted by Gasteiger charge is -2.02. The van der Waals surface area contributed by atoms with Crippen molar-refractivity contribution >= 4 is 11.4 Å². The molecule has 0 bridgehead atoms. The molecule has 0 spiro atoms. The minimum Gasteiger partial charge on any atom is -0.392 e. The van der Waals surface area contributed by atoms with Gasteiger partial charge in [0.25, 0.3) is 0 Å². The minimum absolute atomic E-state index is 0.0516. The molecule has 3 nitrogen and oxygen atoms in total. The van der Waals surface area contributed by atoms with Crippen molar-refractivity contribution in [3.05, 3.63) is 59.2 Å². The topological polar surface area (TPSA) is 45.0 Å². The zero-order valence-corrected chi connectivity index (χ0v) is 10.6. The first-order chi connectivity index (χ1) is 8.70. The van der Waals surface area contributed by atoms with E-state index < -0.39 is 0 Å². The van der Waals surface area contributed by atoms with Crippen LogP contribution in [0.2, 0.25) is 0 Å². The summed E-state index contributed by atoms with van der Waals surface area (Å²) in [6.07, 6.45) is 0. The summed E-state index contributed by atoms with van der Waals surface area (Å²) in [4.78, 5) is 0. The molecule has 0 saturated carbocycles. The van der Waals surface area contributed by atoms with E-state index >= 15 is 0 Å². The number of hydrogen-bond donors (Lipinski definition) is 1. The molecule has 2 aromatic carbocycles. The van der Waals surface area contributed by atoms with Crippen LogP contribution in [-0.4, -0.2) is 5.11 Å². The molecule has 18 heavy (non-hydrogen) atoms. The molecule has 0 amide bonds. The third kappa shape index (κ3) is 2.81. The third-order valence-corrected chi connectivity index (χ3v) is 2.82. The van der Waals surface area contributed by atoms with E-state index in [0.717, 1.165) is 28.1 Å². The van der Waals surface area contributed by atoms with Crippen LogP contribution in [0.4, 0.5) is 11.4 Å². The lowest BCUT2D eigenvalue weighted by Crippen LogP contribution is -1.83. The first-order valence-electron chi connectivity index (χ1n) is 5.88. The Balaban J connectivity index is 2.27. The number of nitrogens with zero attached hydrogens (tertiary/aromatic N) is 2. The molecule has 2 rings (SSSR count). The monoisotopic (exact) mass is 240 g/mol. The van der Waals surface area contributed by atoms with E-state index in [0.29, 0.717) is 0 Å². The molecule has 0 aliphatic rings. The maximum Gasteiger partial charge on any atom is 0.0886 e. The molecular weight excluding hydrogens is 224 g/mol. The second-order valence-corrected chi connectivity index (χ2v) is 4.27. The number of rotatable bonds is 3. The number of azo groups is 1. The van der Waals surface area contributed by atoms with Gasteiger partial charge in [-0.2, -0.15) is 10.2 Å². The molecule has 0 fully saturated rings. The van der Waals surface area contributed by atoms with E-state index in [-0.39, 0.29) is 6.61 Å². The molecule has 0 aliphatic heterocycles. The Hall–Kier alpha value is -2.00. The van der Waals surface area contributed by atoms with Crippen LogP contribution in [0.1, 0.15) is 16.7 Å². The summed E-state index contributed by atoms with van der Waals surface area (Å²) in [6.45, 7) is 4.03. The van der Waals surface area contributed by atoms with Gasteiger partial charge in [0.05, 0.1) is 18.0 Å². The Morgan fingerprint density at radius 1 is 0.889 bits per heavy atom. The summed E-state index contributed by atoms with van der Waals surface area (Å²) in [6, 6.07) is 13.5. The van der Waals surface area contributed by atoms with Crippen molar-refractivity contribution in [3.8, 4) is 0 Å². The molecule has 0 saturated heterocycles. The third-order valence-electron chi connectivity index (χ3n) is 2.82. The number of aliphatic hydroxyl groups is 1. The number of benzene rings is 2. The van der Waals surface area contributed by atoms with E-state index in [4.69, 9.17) is 5.11 Å². The van der Waals surface area contributed by atoms with Crippen LogP contribution in [0.15, 0.2) is 52.7 Å². The highest BCUT2D eigenvalue weighted by Crippen LogP contribution is 2.24. The fraction of sp³-hybridized carbons (Fsp3) is 0.200. The second-order valence-electron chi connectivity index (χ2n) is 4.27. The summed E-state index contributed by atoms with van der Waals surface area (Å²) in [7, 11) is 0. The number of aliphatic hydroxyl groups excluding tert-OH is 1. The predicted molar refractivity (Wildman–Crippen MR) is 72.5 cm³/mol. The second kappa shape index (κ2) is 5.56. The highest BCUT2D eigenvalue weighted by Gasteiger charge is 1.99. The molecule has 3 heteroatoms. The summed E-state index contributed by atoms with van der Waals surface area (Å²) < 4.78 is 0. The van der Waals surface area contributed by atoms with Gasteiger partial charge in [-0.25, -0.2) is 0 Å². The number of hydrogen-bond acceptors (Lipinski definition) is 3. The lowest BCUT2D eigenvalue weighted by molar-refractivity contribution is 0.282. The Labute approximate surface area is 107 Å². The van der Waals surface area contributed by atoms with Gasteiger partial charge in [0, 0.05) is 0 Å². The van der Waals surface area contributed by atoms with Crippen molar-refractivity contribution in [1.29, 1.82) is 0 Å². The molecule has 92 valence electrons. The van der Waals surface area contributed by atoms with Crippen molar-refractivity contribution in [2.75, 3.05) is 0 Å². The van der Waals surface area contributed by atoms with Crippen LogP contribution in [0.3, 0.4) is 0 Å². The van der Waals surface area contributed by atoms with Crippen LogP contribution in [-0.2, 0) is 6.61 Å². The standard InChI is InChI=1S/C15H16N2O/c1-11-5-3-4-6-14(11)16-17-15-8-7-13(10-18)9-12(15)2/h3-9,18H,10H2,1-2H3. The average Bonchev–Trinajstić information content (AvgIpc) is 2.39.